The second-order valence-electron chi connectivity index (χ2n) is 6.43. The predicted octanol–water partition coefficient (Wildman–Crippen LogP) is 5.50. The summed E-state index contributed by atoms with van der Waals surface area (Å²) in [4.78, 5) is 6.56. The molecule has 0 aliphatic heterocycles. The summed E-state index contributed by atoms with van der Waals surface area (Å²) in [5.74, 6) is 0.205. The van der Waals surface area contributed by atoms with Crippen molar-refractivity contribution in [2.45, 2.75) is 6.92 Å². The van der Waals surface area contributed by atoms with Crippen molar-refractivity contribution in [2.75, 3.05) is 6.54 Å². The fourth-order valence-corrected chi connectivity index (χ4v) is 4.48. The Hall–Kier alpha value is -2.96. The molecule has 4 nitrogen and oxygen atoms in total. The lowest BCUT2D eigenvalue weighted by molar-refractivity contribution is 0.475. The molecular weight excluding hydrogens is 386 g/mol. The van der Waals surface area contributed by atoms with Crippen molar-refractivity contribution in [3.05, 3.63) is 81.8 Å². The van der Waals surface area contributed by atoms with Gasteiger partial charge in [-0.2, -0.15) is 5.10 Å². The molecule has 6 heteroatoms. The molecule has 4 aromatic rings. The summed E-state index contributed by atoms with van der Waals surface area (Å²) in [5.41, 5.74) is 2.67. The molecule has 0 bridgehead atoms. The van der Waals surface area contributed by atoms with Gasteiger partial charge in [0, 0.05) is 10.9 Å². The highest BCUT2D eigenvalue weighted by molar-refractivity contribution is 7.14. The quantitative estimate of drug-likeness (QED) is 0.346. The molecule has 0 fully saturated rings. The van der Waals surface area contributed by atoms with Gasteiger partial charge in [0.05, 0.1) is 23.3 Å². The largest absolute Gasteiger partial charge is 0.507 e. The Morgan fingerprint density at radius 2 is 2.00 bits per heavy atom. The minimum Gasteiger partial charge on any atom is -0.507 e. The number of rotatable bonds is 5. The first-order chi connectivity index (χ1) is 13.6. The van der Waals surface area contributed by atoms with Crippen molar-refractivity contribution in [3.8, 4) is 16.3 Å². The van der Waals surface area contributed by atoms with Crippen LogP contribution >= 0.6 is 22.7 Å². The number of benzene rings is 2. The predicted molar refractivity (Wildman–Crippen MR) is 119 cm³/mol. The van der Waals surface area contributed by atoms with Gasteiger partial charge in [0.15, 0.2) is 0 Å². The summed E-state index contributed by atoms with van der Waals surface area (Å²) in [7, 11) is 0. The van der Waals surface area contributed by atoms with Crippen LogP contribution in [0, 0.1) is 0 Å². The number of aromatic nitrogens is 1. The summed E-state index contributed by atoms with van der Waals surface area (Å²) in [6.45, 7) is 6.44. The Balaban J connectivity index is 1.86. The third-order valence-corrected chi connectivity index (χ3v) is 5.94. The van der Waals surface area contributed by atoms with Gasteiger partial charge in [-0.15, -0.1) is 22.7 Å². The van der Waals surface area contributed by atoms with Crippen molar-refractivity contribution < 1.29 is 5.11 Å². The molecule has 0 saturated heterocycles. The van der Waals surface area contributed by atoms with Crippen molar-refractivity contribution in [3.63, 3.8) is 0 Å². The second-order valence-corrected chi connectivity index (χ2v) is 8.21. The second kappa shape index (κ2) is 7.96. The molecule has 0 aliphatic rings. The lowest BCUT2D eigenvalue weighted by atomic mass is 10.0. The van der Waals surface area contributed by atoms with Gasteiger partial charge in [-0.1, -0.05) is 48.6 Å². The molecule has 0 saturated carbocycles. The van der Waals surface area contributed by atoms with E-state index in [1.807, 2.05) is 53.4 Å². The molecule has 0 atom stereocenters. The standard InChI is InChI=1S/C22H19N3OS2/c1-15(2)12-23-22-25(19(14-28-22)21-8-5-11-27-21)24-13-18-17-7-4-3-6-16(17)9-10-20(18)26/h3-11,13-14,26H,1,12H2,2H3. The van der Waals surface area contributed by atoms with Crippen LogP contribution in [0.5, 0.6) is 5.75 Å². The summed E-state index contributed by atoms with van der Waals surface area (Å²) in [6.07, 6.45) is 1.71. The van der Waals surface area contributed by atoms with E-state index in [4.69, 9.17) is 5.10 Å². The van der Waals surface area contributed by atoms with Gasteiger partial charge in [-0.05, 0) is 35.2 Å². The smallest absolute Gasteiger partial charge is 0.206 e. The molecule has 1 N–H and O–H groups in total. The number of phenols is 1. The van der Waals surface area contributed by atoms with E-state index >= 15 is 0 Å². The van der Waals surface area contributed by atoms with E-state index in [0.29, 0.717) is 12.1 Å². The van der Waals surface area contributed by atoms with Crippen molar-refractivity contribution in [1.82, 2.24) is 4.68 Å². The van der Waals surface area contributed by atoms with E-state index < -0.39 is 0 Å². The summed E-state index contributed by atoms with van der Waals surface area (Å²) >= 11 is 3.20. The van der Waals surface area contributed by atoms with Gasteiger partial charge in [-0.25, -0.2) is 4.68 Å². The average molecular weight is 406 g/mol. The molecule has 0 spiro atoms. The van der Waals surface area contributed by atoms with Crippen LogP contribution in [-0.2, 0) is 0 Å². The SMILES string of the molecule is C=C(C)CN=c1scc(-c2cccs2)n1N=Cc1c(O)ccc2ccccc12. The van der Waals surface area contributed by atoms with E-state index in [9.17, 15) is 5.11 Å². The molecule has 28 heavy (non-hydrogen) atoms. The third-order valence-electron chi connectivity index (χ3n) is 4.19. The molecule has 0 radical (unpaired) electrons. The molecule has 0 aliphatic carbocycles. The summed E-state index contributed by atoms with van der Waals surface area (Å²) < 4.78 is 1.83. The van der Waals surface area contributed by atoms with Gasteiger partial charge < -0.3 is 5.11 Å². The number of hydrogen-bond acceptors (Lipinski definition) is 5. The van der Waals surface area contributed by atoms with Crippen LogP contribution in [0.25, 0.3) is 21.3 Å². The van der Waals surface area contributed by atoms with Gasteiger partial charge in [-0.3, -0.25) is 4.99 Å². The first kappa shape index (κ1) is 18.4. The van der Waals surface area contributed by atoms with Gasteiger partial charge in [0.25, 0.3) is 0 Å². The Bertz CT molecular complexity index is 1230. The fraction of sp³-hybridized carbons (Fsp3) is 0.0909. The number of thiazole rings is 1. The normalized spacial score (nSPS) is 12.2. The van der Waals surface area contributed by atoms with Gasteiger partial charge in [0.2, 0.25) is 4.80 Å². The zero-order chi connectivity index (χ0) is 19.5. The zero-order valence-electron chi connectivity index (χ0n) is 15.4. The van der Waals surface area contributed by atoms with Crippen LogP contribution in [0.3, 0.4) is 0 Å². The molecular formula is C22H19N3OS2. The maximum atomic E-state index is 10.4. The third kappa shape index (κ3) is 3.69. The first-order valence-electron chi connectivity index (χ1n) is 8.78. The molecule has 4 rings (SSSR count). The lowest BCUT2D eigenvalue weighted by Gasteiger charge is -2.05. The van der Waals surface area contributed by atoms with Gasteiger partial charge >= 0.3 is 0 Å². The van der Waals surface area contributed by atoms with E-state index in [-0.39, 0.29) is 5.75 Å². The fourth-order valence-electron chi connectivity index (χ4n) is 2.85. The van der Waals surface area contributed by atoms with Gasteiger partial charge in [0.1, 0.15) is 5.75 Å². The highest BCUT2D eigenvalue weighted by atomic mass is 32.1. The molecule has 2 aromatic carbocycles. The molecule has 0 amide bonds. The van der Waals surface area contributed by atoms with Crippen molar-refractivity contribution >= 4 is 39.7 Å². The molecule has 2 heterocycles. The number of phenolic OH excluding ortho intramolecular Hbond substituents is 1. The van der Waals surface area contributed by atoms with Crippen molar-refractivity contribution in [2.24, 2.45) is 10.1 Å². The Kier molecular flexibility index (Phi) is 5.23. The highest BCUT2D eigenvalue weighted by Crippen LogP contribution is 2.27. The topological polar surface area (TPSA) is 49.9 Å². The van der Waals surface area contributed by atoms with Crippen LogP contribution in [0.2, 0.25) is 0 Å². The lowest BCUT2D eigenvalue weighted by Crippen LogP contribution is -2.12. The number of fused-ring (bicyclic) bond motifs is 1. The maximum Gasteiger partial charge on any atom is 0.206 e. The van der Waals surface area contributed by atoms with Crippen molar-refractivity contribution in [1.29, 1.82) is 0 Å². The highest BCUT2D eigenvalue weighted by Gasteiger charge is 2.09. The van der Waals surface area contributed by atoms with Crippen LogP contribution in [-0.4, -0.2) is 22.5 Å². The number of thiophene rings is 1. The monoisotopic (exact) mass is 405 g/mol. The Morgan fingerprint density at radius 1 is 1.14 bits per heavy atom. The van der Waals surface area contributed by atoms with E-state index in [0.717, 1.165) is 31.7 Å². The number of aromatic hydroxyl groups is 1. The number of nitrogens with zero attached hydrogens (tertiary/aromatic N) is 3. The van der Waals surface area contributed by atoms with Crippen LogP contribution < -0.4 is 4.80 Å². The molecule has 140 valence electrons. The van der Waals surface area contributed by atoms with E-state index in [1.54, 1.807) is 35.0 Å². The zero-order valence-corrected chi connectivity index (χ0v) is 17.0. The minimum absolute atomic E-state index is 0.205. The maximum absolute atomic E-state index is 10.4. The average Bonchev–Trinajstić information content (AvgIpc) is 3.35. The summed E-state index contributed by atoms with van der Waals surface area (Å²) in [5, 5.41) is 21.2. The van der Waals surface area contributed by atoms with E-state index in [2.05, 4.69) is 23.0 Å². The van der Waals surface area contributed by atoms with Crippen LogP contribution in [0.4, 0.5) is 0 Å². The first-order valence-corrected chi connectivity index (χ1v) is 10.5. The Labute approximate surface area is 171 Å². The molecule has 2 aromatic heterocycles. The van der Waals surface area contributed by atoms with E-state index in [1.165, 1.54) is 0 Å². The Morgan fingerprint density at radius 3 is 2.79 bits per heavy atom. The summed E-state index contributed by atoms with van der Waals surface area (Å²) in [6, 6.07) is 15.7. The number of hydrogen-bond donors (Lipinski definition) is 1. The minimum atomic E-state index is 0.205. The molecule has 0 unspecified atom stereocenters. The van der Waals surface area contributed by atoms with Crippen LogP contribution in [0.15, 0.2) is 81.5 Å². The van der Waals surface area contributed by atoms with Crippen LogP contribution in [0.1, 0.15) is 12.5 Å².